The van der Waals surface area contributed by atoms with Crippen LogP contribution in [-0.4, -0.2) is 11.1 Å². The van der Waals surface area contributed by atoms with Gasteiger partial charge in [-0.1, -0.05) is 0 Å². The van der Waals surface area contributed by atoms with Gasteiger partial charge in [0.1, 0.15) is 0 Å². The largest absolute Gasteiger partial charge is 0.564 e. The van der Waals surface area contributed by atoms with Crippen LogP contribution in [0.5, 0.6) is 0 Å². The molecule has 0 bridgehead atoms. The molecule has 0 fully saturated rings. The van der Waals surface area contributed by atoms with Crippen LogP contribution < -0.4 is 0 Å². The number of nitrogens with zero attached hydrogens (tertiary/aromatic N) is 1. The highest BCUT2D eigenvalue weighted by molar-refractivity contribution is 5.69. The van der Waals surface area contributed by atoms with Crippen molar-refractivity contribution in [1.82, 2.24) is 0 Å². The Hall–Kier alpha value is -1.04. The van der Waals surface area contributed by atoms with Gasteiger partial charge < -0.3 is 5.11 Å². The lowest BCUT2D eigenvalue weighted by atomic mass is 10.5. The van der Waals surface area contributed by atoms with Crippen molar-refractivity contribution in [2.45, 2.75) is 6.42 Å². The Morgan fingerprint density at radius 2 is 2.50 bits per heavy atom. The molecule has 0 unspecified atom stereocenters. The Kier molecular flexibility index (Phi) is 1.83. The molecule has 0 aromatic heterocycles. The quantitative estimate of drug-likeness (QED) is 0.390. The molecule has 0 spiro atoms. The molecule has 0 aromatic rings. The lowest BCUT2D eigenvalue weighted by Crippen LogP contribution is -1.88. The summed E-state index contributed by atoms with van der Waals surface area (Å²) in [5.41, 5.74) is 0. The Morgan fingerprint density at radius 3 is 2.50 bits per heavy atom. The summed E-state index contributed by atoms with van der Waals surface area (Å²) < 4.78 is 0. The summed E-state index contributed by atoms with van der Waals surface area (Å²) >= 11 is 0. The van der Waals surface area contributed by atoms with Gasteiger partial charge >= 0.3 is 5.97 Å². The van der Waals surface area contributed by atoms with E-state index in [4.69, 9.17) is 10.4 Å². The molecule has 6 heavy (non-hydrogen) atoms. The smallest absolute Gasteiger partial charge is 0.530 e. The average molecular weight is 86.1 g/mol. The molecule has 3 heteroatoms. The minimum atomic E-state index is -0.822. The van der Waals surface area contributed by atoms with Crippen molar-refractivity contribution < 1.29 is 9.90 Å². The van der Waals surface area contributed by atoms with Gasteiger partial charge in [0, 0.05) is 4.79 Å². The SMILES string of the molecule is N#CCC(=O)[OH2+]. The number of carbonyl (C=O) groups excluding carboxylic acids is 1. The lowest BCUT2D eigenvalue weighted by molar-refractivity contribution is -0.135. The van der Waals surface area contributed by atoms with Crippen molar-refractivity contribution in [2.24, 2.45) is 0 Å². The first-order chi connectivity index (χ1) is 2.77. The van der Waals surface area contributed by atoms with Crippen LogP contribution in [-0.2, 0) is 4.79 Å². The zero-order chi connectivity index (χ0) is 4.99. The molecule has 0 saturated heterocycles. The third-order valence-electron chi connectivity index (χ3n) is 0.240. The maximum absolute atomic E-state index is 9.49. The van der Waals surface area contributed by atoms with E-state index in [0.29, 0.717) is 0 Å². The van der Waals surface area contributed by atoms with Gasteiger partial charge in [0.2, 0.25) is 0 Å². The van der Waals surface area contributed by atoms with Gasteiger partial charge in [0.15, 0.2) is 6.42 Å². The lowest BCUT2D eigenvalue weighted by Gasteiger charge is -1.61. The highest BCUT2D eigenvalue weighted by Crippen LogP contribution is 1.68. The van der Waals surface area contributed by atoms with E-state index < -0.39 is 5.97 Å². The van der Waals surface area contributed by atoms with Crippen molar-refractivity contribution in [3.05, 3.63) is 0 Å². The first kappa shape index (κ1) is 4.96. The molecule has 0 heterocycles. The van der Waals surface area contributed by atoms with E-state index in [-0.39, 0.29) is 6.42 Å². The molecule has 0 amide bonds. The first-order valence-corrected chi connectivity index (χ1v) is 1.38. The minimum Gasteiger partial charge on any atom is -0.564 e. The Bertz CT molecular complexity index is 91.5. The van der Waals surface area contributed by atoms with Crippen LogP contribution in [0.15, 0.2) is 0 Å². The fourth-order valence-electron chi connectivity index (χ4n) is 0.0718. The molecule has 0 aliphatic heterocycles. The second-order valence-electron chi connectivity index (χ2n) is 0.758. The molecule has 0 radical (unpaired) electrons. The number of hydrogen-bond acceptors (Lipinski definition) is 2. The zero-order valence-corrected chi connectivity index (χ0v) is 3.06. The normalized spacial score (nSPS) is 6.50. The van der Waals surface area contributed by atoms with Gasteiger partial charge in [0.05, 0.1) is 6.07 Å². The minimum absolute atomic E-state index is 0.292. The van der Waals surface area contributed by atoms with Crippen molar-refractivity contribution in [1.29, 1.82) is 5.26 Å². The van der Waals surface area contributed by atoms with Gasteiger partial charge in [0.25, 0.3) is 0 Å². The summed E-state index contributed by atoms with van der Waals surface area (Å²) in [5, 5.41) is 13.8. The maximum Gasteiger partial charge on any atom is 0.530 e. The van der Waals surface area contributed by atoms with Gasteiger partial charge in [-0.05, 0) is 0 Å². The van der Waals surface area contributed by atoms with E-state index in [1.807, 2.05) is 0 Å². The topological polar surface area (TPSA) is 63.8 Å². The Balaban J connectivity index is 3.13. The van der Waals surface area contributed by atoms with Crippen molar-refractivity contribution in [3.63, 3.8) is 0 Å². The van der Waals surface area contributed by atoms with Gasteiger partial charge in [-0.2, -0.15) is 5.26 Å². The number of carbonyl (C=O) groups is 1. The van der Waals surface area contributed by atoms with Crippen LogP contribution in [0.25, 0.3) is 0 Å². The van der Waals surface area contributed by atoms with E-state index in [0.717, 1.165) is 0 Å². The Labute approximate surface area is 34.8 Å². The van der Waals surface area contributed by atoms with Crippen LogP contribution >= 0.6 is 0 Å². The third kappa shape index (κ3) is 2.96. The molecular formula is C3H4NO2+. The van der Waals surface area contributed by atoms with Crippen LogP contribution in [0.3, 0.4) is 0 Å². The summed E-state index contributed by atoms with van der Waals surface area (Å²) in [6, 6.07) is 1.53. The van der Waals surface area contributed by atoms with Crippen LogP contribution in [0, 0.1) is 11.3 Å². The number of rotatable bonds is 1. The monoisotopic (exact) mass is 86.0 g/mol. The predicted octanol–water partition coefficient (Wildman–Crippen LogP) is -0.849. The standard InChI is InChI=1S/C3H3NO2/c4-2-1-3(5)6/h1H2,(H,5,6)/p+1. The summed E-state index contributed by atoms with van der Waals surface area (Å²) in [5.74, 6) is -0.822. The average Bonchev–Trinajstić information content (AvgIpc) is 1.35. The molecular weight excluding hydrogens is 82.0 g/mol. The molecule has 3 nitrogen and oxygen atoms in total. The predicted molar refractivity (Wildman–Crippen MR) is 18.9 cm³/mol. The van der Waals surface area contributed by atoms with Crippen molar-refractivity contribution in [2.75, 3.05) is 0 Å². The van der Waals surface area contributed by atoms with E-state index in [1.165, 1.54) is 6.07 Å². The van der Waals surface area contributed by atoms with Crippen molar-refractivity contribution in [3.8, 4) is 6.07 Å². The second-order valence-corrected chi connectivity index (χ2v) is 0.758. The summed E-state index contributed by atoms with van der Waals surface area (Å²) in [6.07, 6.45) is -0.292. The summed E-state index contributed by atoms with van der Waals surface area (Å²) in [7, 11) is 0. The molecule has 0 aromatic carbocycles. The number of nitriles is 1. The molecule has 0 aliphatic carbocycles. The summed E-state index contributed by atoms with van der Waals surface area (Å²) in [4.78, 5) is 9.49. The van der Waals surface area contributed by atoms with E-state index in [1.54, 1.807) is 0 Å². The first-order valence-electron chi connectivity index (χ1n) is 1.38. The highest BCUT2D eigenvalue weighted by atomic mass is 16.4. The number of hydrogen-bond donors (Lipinski definition) is 0. The fourth-order valence-corrected chi connectivity index (χ4v) is 0.0718. The van der Waals surface area contributed by atoms with Gasteiger partial charge in [-0.3, -0.25) is 0 Å². The second kappa shape index (κ2) is 2.21. The van der Waals surface area contributed by atoms with E-state index in [2.05, 4.69) is 0 Å². The third-order valence-corrected chi connectivity index (χ3v) is 0.240. The molecule has 2 N–H and O–H groups in total. The summed E-state index contributed by atoms with van der Waals surface area (Å²) in [6.45, 7) is 0. The molecule has 0 aliphatic rings. The zero-order valence-electron chi connectivity index (χ0n) is 3.06. The van der Waals surface area contributed by atoms with Gasteiger partial charge in [-0.25, -0.2) is 0 Å². The van der Waals surface area contributed by atoms with E-state index >= 15 is 0 Å². The van der Waals surface area contributed by atoms with Crippen LogP contribution in [0.2, 0.25) is 0 Å². The molecule has 0 atom stereocenters. The molecule has 0 rings (SSSR count). The van der Waals surface area contributed by atoms with Crippen LogP contribution in [0.1, 0.15) is 6.42 Å². The Morgan fingerprint density at radius 1 is 2.00 bits per heavy atom. The maximum atomic E-state index is 9.49. The fraction of sp³-hybridized carbons (Fsp3) is 0.333. The highest BCUT2D eigenvalue weighted by Gasteiger charge is 1.99. The van der Waals surface area contributed by atoms with E-state index in [9.17, 15) is 4.79 Å². The molecule has 0 saturated carbocycles. The van der Waals surface area contributed by atoms with Gasteiger partial charge in [-0.15, -0.1) is 0 Å². The van der Waals surface area contributed by atoms with Crippen molar-refractivity contribution >= 4 is 5.97 Å². The van der Waals surface area contributed by atoms with Crippen LogP contribution in [0.4, 0.5) is 0 Å². The molecule has 32 valence electrons.